The SMILES string of the molecule is CCOC(=O)c1c(C)nn2cc(-c3n[nH]c(-c4cnc5c(C(=O)OCC)c(C)nn5c4)c3[N+](=O)[O-])cnc12. The van der Waals surface area contributed by atoms with E-state index in [4.69, 9.17) is 9.47 Å². The zero-order valence-corrected chi connectivity index (χ0v) is 20.8. The van der Waals surface area contributed by atoms with Gasteiger partial charge in [0, 0.05) is 35.9 Å². The van der Waals surface area contributed by atoms with Gasteiger partial charge in [0.25, 0.3) is 0 Å². The van der Waals surface area contributed by atoms with E-state index < -0.39 is 16.9 Å². The molecular weight excluding hydrogens is 498 g/mol. The van der Waals surface area contributed by atoms with E-state index in [1.165, 1.54) is 33.8 Å². The van der Waals surface area contributed by atoms with Gasteiger partial charge in [0.05, 0.1) is 29.5 Å². The number of rotatable bonds is 7. The van der Waals surface area contributed by atoms with E-state index in [9.17, 15) is 19.7 Å². The minimum atomic E-state index is -0.570. The average Bonchev–Trinajstić information content (AvgIpc) is 3.55. The molecule has 0 fully saturated rings. The van der Waals surface area contributed by atoms with Gasteiger partial charge in [-0.05, 0) is 27.7 Å². The molecule has 0 aromatic carbocycles. The molecular formula is C23H21N9O6. The summed E-state index contributed by atoms with van der Waals surface area (Å²) in [6, 6.07) is 0. The maximum atomic E-state index is 12.3. The molecule has 0 atom stereocenters. The van der Waals surface area contributed by atoms with Crippen LogP contribution in [0.2, 0.25) is 0 Å². The second-order valence-electron chi connectivity index (χ2n) is 8.14. The second kappa shape index (κ2) is 9.34. The summed E-state index contributed by atoms with van der Waals surface area (Å²) in [6.45, 7) is 7.06. The lowest BCUT2D eigenvalue weighted by Crippen LogP contribution is -2.06. The summed E-state index contributed by atoms with van der Waals surface area (Å²) in [5.74, 6) is -1.12. The van der Waals surface area contributed by atoms with Crippen LogP contribution in [0.25, 0.3) is 33.8 Å². The van der Waals surface area contributed by atoms with E-state index in [-0.39, 0.29) is 58.3 Å². The first-order valence-corrected chi connectivity index (χ1v) is 11.5. The van der Waals surface area contributed by atoms with Crippen LogP contribution < -0.4 is 0 Å². The van der Waals surface area contributed by atoms with Crippen LogP contribution in [-0.4, -0.2) is 69.5 Å². The molecule has 0 spiro atoms. The van der Waals surface area contributed by atoms with Crippen LogP contribution in [-0.2, 0) is 9.47 Å². The van der Waals surface area contributed by atoms with Gasteiger partial charge in [-0.25, -0.2) is 28.6 Å². The summed E-state index contributed by atoms with van der Waals surface area (Å²) in [6.07, 6.45) is 5.75. The molecule has 15 nitrogen and oxygen atoms in total. The highest BCUT2D eigenvalue weighted by molar-refractivity contribution is 5.98. The molecule has 1 N–H and O–H groups in total. The monoisotopic (exact) mass is 519 g/mol. The van der Waals surface area contributed by atoms with Gasteiger partial charge >= 0.3 is 17.6 Å². The number of hydrogen-bond acceptors (Lipinski definition) is 11. The first kappa shape index (κ1) is 24.5. The number of ether oxygens (including phenoxy) is 2. The fourth-order valence-electron chi connectivity index (χ4n) is 4.14. The van der Waals surface area contributed by atoms with Crippen molar-refractivity contribution in [1.82, 2.24) is 39.4 Å². The number of hydrogen-bond donors (Lipinski definition) is 1. The maximum absolute atomic E-state index is 12.3. The van der Waals surface area contributed by atoms with Crippen LogP contribution in [0.1, 0.15) is 46.0 Å². The molecule has 5 rings (SSSR count). The minimum Gasteiger partial charge on any atom is -0.462 e. The summed E-state index contributed by atoms with van der Waals surface area (Å²) in [7, 11) is 0. The van der Waals surface area contributed by atoms with E-state index >= 15 is 0 Å². The van der Waals surface area contributed by atoms with Crippen molar-refractivity contribution in [3.05, 3.63) is 57.4 Å². The van der Waals surface area contributed by atoms with Crippen LogP contribution >= 0.6 is 0 Å². The number of esters is 2. The highest BCUT2D eigenvalue weighted by Gasteiger charge is 2.29. The summed E-state index contributed by atoms with van der Waals surface area (Å²) in [4.78, 5) is 44.8. The zero-order valence-electron chi connectivity index (χ0n) is 20.8. The topological polar surface area (TPSA) is 185 Å². The van der Waals surface area contributed by atoms with Crippen molar-refractivity contribution in [2.45, 2.75) is 27.7 Å². The average molecular weight is 519 g/mol. The van der Waals surface area contributed by atoms with Gasteiger partial charge in [0.1, 0.15) is 16.8 Å². The Balaban J connectivity index is 1.59. The van der Waals surface area contributed by atoms with Gasteiger partial charge in [0.2, 0.25) is 0 Å². The smallest absolute Gasteiger partial charge is 0.343 e. The number of aryl methyl sites for hydroxylation is 2. The molecule has 15 heteroatoms. The van der Waals surface area contributed by atoms with Crippen molar-refractivity contribution in [2.24, 2.45) is 0 Å². The van der Waals surface area contributed by atoms with E-state index in [1.54, 1.807) is 27.7 Å². The normalized spacial score (nSPS) is 11.3. The number of H-pyrrole nitrogens is 1. The van der Waals surface area contributed by atoms with Crippen molar-refractivity contribution in [1.29, 1.82) is 0 Å². The van der Waals surface area contributed by atoms with Gasteiger partial charge in [-0.15, -0.1) is 0 Å². The molecule has 38 heavy (non-hydrogen) atoms. The predicted octanol–water partition coefficient (Wildman–Crippen LogP) is 2.71. The van der Waals surface area contributed by atoms with Crippen molar-refractivity contribution in [3.63, 3.8) is 0 Å². The number of carbonyl (C=O) groups excluding carboxylic acids is 2. The van der Waals surface area contributed by atoms with Crippen LogP contribution in [0.4, 0.5) is 5.69 Å². The Morgan fingerprint density at radius 2 is 1.42 bits per heavy atom. The van der Waals surface area contributed by atoms with Gasteiger partial charge in [0.15, 0.2) is 17.0 Å². The highest BCUT2D eigenvalue weighted by Crippen LogP contribution is 2.36. The maximum Gasteiger partial charge on any atom is 0.343 e. The predicted molar refractivity (Wildman–Crippen MR) is 131 cm³/mol. The van der Waals surface area contributed by atoms with Crippen molar-refractivity contribution in [3.8, 4) is 22.5 Å². The van der Waals surface area contributed by atoms with Crippen LogP contribution in [0.5, 0.6) is 0 Å². The number of nitrogens with zero attached hydrogens (tertiary/aromatic N) is 8. The van der Waals surface area contributed by atoms with E-state index in [0.717, 1.165) is 0 Å². The molecule has 5 aromatic rings. The molecule has 0 saturated heterocycles. The Morgan fingerprint density at radius 3 is 1.92 bits per heavy atom. The van der Waals surface area contributed by atoms with Gasteiger partial charge in [-0.2, -0.15) is 15.3 Å². The molecule has 0 aliphatic heterocycles. The first-order chi connectivity index (χ1) is 18.2. The van der Waals surface area contributed by atoms with E-state index in [2.05, 4.69) is 30.4 Å². The fourth-order valence-corrected chi connectivity index (χ4v) is 4.14. The number of nitro groups is 1. The Hall–Kier alpha value is -5.21. The van der Waals surface area contributed by atoms with E-state index in [0.29, 0.717) is 17.0 Å². The minimum absolute atomic E-state index is 0.00851. The van der Waals surface area contributed by atoms with Gasteiger partial charge in [-0.3, -0.25) is 15.2 Å². The molecule has 0 amide bonds. The number of aromatic nitrogens is 8. The first-order valence-electron chi connectivity index (χ1n) is 11.5. The molecule has 0 aliphatic rings. The Morgan fingerprint density at radius 1 is 0.921 bits per heavy atom. The number of aromatic amines is 1. The molecule has 5 aromatic heterocycles. The Labute approximate surface area is 213 Å². The Kier molecular flexibility index (Phi) is 6.02. The molecule has 0 radical (unpaired) electrons. The van der Waals surface area contributed by atoms with Gasteiger partial charge < -0.3 is 9.47 Å². The molecule has 5 heterocycles. The molecule has 0 unspecified atom stereocenters. The Bertz CT molecular complexity index is 1630. The highest BCUT2D eigenvalue weighted by atomic mass is 16.6. The van der Waals surface area contributed by atoms with Gasteiger partial charge in [-0.1, -0.05) is 0 Å². The lowest BCUT2D eigenvalue weighted by atomic mass is 10.1. The zero-order chi connectivity index (χ0) is 27.1. The van der Waals surface area contributed by atoms with Crippen LogP contribution in [0.3, 0.4) is 0 Å². The molecule has 0 bridgehead atoms. The third-order valence-electron chi connectivity index (χ3n) is 5.74. The van der Waals surface area contributed by atoms with Crippen molar-refractivity contribution >= 4 is 28.9 Å². The lowest BCUT2D eigenvalue weighted by Gasteiger charge is -2.02. The second-order valence-corrected chi connectivity index (χ2v) is 8.14. The third kappa shape index (κ3) is 3.89. The molecule has 194 valence electrons. The molecule has 0 saturated carbocycles. The summed E-state index contributed by atoms with van der Waals surface area (Å²) in [5.41, 5.74) is 2.12. The standard InChI is InChI=1S/C23H21N9O6/c1-5-37-22(33)15-11(3)28-30-9-13(7-24-20(15)30)17-19(32(35)36)18(27-26-17)14-8-25-21-16(23(34)38-6-2)12(4)29-31(21)10-14/h7-10H,5-6H2,1-4H3,(H,26,27). The molecule has 0 aliphatic carbocycles. The largest absolute Gasteiger partial charge is 0.462 e. The number of nitrogens with one attached hydrogen (secondary N) is 1. The van der Waals surface area contributed by atoms with Crippen molar-refractivity contribution in [2.75, 3.05) is 13.2 Å². The summed E-state index contributed by atoms with van der Waals surface area (Å²) >= 11 is 0. The van der Waals surface area contributed by atoms with E-state index in [1.807, 2.05) is 0 Å². The fraction of sp³-hybridized carbons (Fsp3) is 0.261. The summed E-state index contributed by atoms with van der Waals surface area (Å²) < 4.78 is 12.9. The third-order valence-corrected chi connectivity index (χ3v) is 5.74. The van der Waals surface area contributed by atoms with Crippen LogP contribution in [0.15, 0.2) is 24.8 Å². The number of carbonyl (C=O) groups is 2. The number of fused-ring (bicyclic) bond motifs is 2. The summed E-state index contributed by atoms with van der Waals surface area (Å²) in [5, 5.41) is 27.6. The van der Waals surface area contributed by atoms with Crippen LogP contribution in [0, 0.1) is 24.0 Å². The quantitative estimate of drug-likeness (QED) is 0.189. The van der Waals surface area contributed by atoms with Crippen molar-refractivity contribution < 1.29 is 24.0 Å². The lowest BCUT2D eigenvalue weighted by molar-refractivity contribution is -0.383.